The number of anilines is 1. The van der Waals surface area contributed by atoms with Crippen molar-refractivity contribution in [3.63, 3.8) is 0 Å². The number of unbranched alkanes of at least 4 members (excludes halogenated alkanes) is 1. The average molecular weight is 472 g/mol. The van der Waals surface area contributed by atoms with Crippen LogP contribution in [0.25, 0.3) is 0 Å². The van der Waals surface area contributed by atoms with Crippen molar-refractivity contribution in [3.05, 3.63) is 84.8 Å². The summed E-state index contributed by atoms with van der Waals surface area (Å²) in [6.45, 7) is 3.83. The summed E-state index contributed by atoms with van der Waals surface area (Å²) in [5.41, 5.74) is 2.46. The number of carbonyl (C=O) groups excluding carboxylic acids is 1. The smallest absolute Gasteiger partial charge is 0.228 e. The van der Waals surface area contributed by atoms with Gasteiger partial charge >= 0.3 is 0 Å². The number of allylic oxidation sites excluding steroid dienone is 1. The van der Waals surface area contributed by atoms with Gasteiger partial charge < -0.3 is 16.9 Å². The second-order valence-electron chi connectivity index (χ2n) is 6.81. The largest absolute Gasteiger partial charge is 0.384 e. The summed E-state index contributed by atoms with van der Waals surface area (Å²) in [6.07, 6.45) is 6.37. The quantitative estimate of drug-likeness (QED) is 0.349. The minimum atomic E-state index is -0.684. The third-order valence-corrected chi connectivity index (χ3v) is 5.35. The van der Waals surface area contributed by atoms with Gasteiger partial charge in [-0.25, -0.2) is 0 Å². The molecule has 5 heteroatoms. The molecule has 28 heavy (non-hydrogen) atoms. The minimum absolute atomic E-state index is 0. The fraction of sp³-hybridized carbons (Fsp3) is 0.304. The van der Waals surface area contributed by atoms with Gasteiger partial charge in [-0.3, -0.25) is 4.79 Å². The fourth-order valence-corrected chi connectivity index (χ4v) is 3.80. The van der Waals surface area contributed by atoms with Gasteiger partial charge in [-0.2, -0.15) is 6.42 Å². The molecule has 0 saturated carbocycles. The van der Waals surface area contributed by atoms with E-state index < -0.39 is 6.10 Å². The predicted octanol–water partition coefficient (Wildman–Crippen LogP) is 5.04. The van der Waals surface area contributed by atoms with Crippen molar-refractivity contribution in [1.29, 1.82) is 0 Å². The Kier molecular flexibility index (Phi) is 9.36. The van der Waals surface area contributed by atoms with Crippen LogP contribution in [0.5, 0.6) is 0 Å². The van der Waals surface area contributed by atoms with Gasteiger partial charge in [0.15, 0.2) is 0 Å². The number of benzene rings is 2. The van der Waals surface area contributed by atoms with Crippen LogP contribution in [0.15, 0.2) is 66.7 Å². The first-order valence-corrected chi connectivity index (χ1v) is 9.79. The predicted molar refractivity (Wildman–Crippen MR) is 111 cm³/mol. The molecule has 145 valence electrons. The van der Waals surface area contributed by atoms with Crippen LogP contribution in [0.3, 0.4) is 0 Å². The number of carbonyl (C=O) groups is 1. The first-order chi connectivity index (χ1) is 13.1. The summed E-state index contributed by atoms with van der Waals surface area (Å²) in [5.74, 6) is 0.0434. The van der Waals surface area contributed by atoms with Crippen molar-refractivity contribution in [2.24, 2.45) is 0 Å². The first-order valence-electron chi connectivity index (χ1n) is 9.35. The van der Waals surface area contributed by atoms with Crippen LogP contribution >= 0.6 is 11.6 Å². The zero-order valence-corrected chi connectivity index (χ0v) is 19.5. The molecule has 1 heterocycles. The van der Waals surface area contributed by atoms with Crippen LogP contribution in [-0.2, 0) is 37.5 Å². The molecule has 3 rings (SSSR count). The molecule has 3 atom stereocenters. The van der Waals surface area contributed by atoms with E-state index in [1.54, 1.807) is 4.90 Å². The van der Waals surface area contributed by atoms with E-state index in [0.29, 0.717) is 6.42 Å². The van der Waals surface area contributed by atoms with Gasteiger partial charge in [-0.1, -0.05) is 61.0 Å². The van der Waals surface area contributed by atoms with Gasteiger partial charge in [-0.15, -0.1) is 11.6 Å². The molecule has 1 amide bonds. The van der Waals surface area contributed by atoms with E-state index in [9.17, 15) is 9.90 Å². The Balaban J connectivity index is 0.00000280. The molecule has 0 bridgehead atoms. The van der Waals surface area contributed by atoms with E-state index in [-0.39, 0.29) is 50.0 Å². The maximum absolute atomic E-state index is 12.5. The topological polar surface area (TPSA) is 40.5 Å². The molecule has 0 spiro atoms. The van der Waals surface area contributed by atoms with Crippen molar-refractivity contribution in [1.82, 2.24) is 0 Å². The number of aliphatic hydroxyl groups is 1. The van der Waals surface area contributed by atoms with Crippen LogP contribution in [0, 0.1) is 6.92 Å². The standard InChI is InChI=1S/C23H25ClNO2.Y/c1-2-3-4-8-11-21-20(24)16-22(26)25(21)19-14-12-18(13-15-19)23(27)17-9-6-5-7-10-17;/h4-10,12-15,20-21,23,27H,1-3,11,16H2;/q-1;/b8-4-;. The van der Waals surface area contributed by atoms with Gasteiger partial charge in [0, 0.05) is 44.8 Å². The summed E-state index contributed by atoms with van der Waals surface area (Å²) in [6, 6.07) is 17.0. The molecule has 3 nitrogen and oxygen atoms in total. The van der Waals surface area contributed by atoms with Crippen molar-refractivity contribution < 1.29 is 42.6 Å². The third kappa shape index (κ3) is 5.54. The molecule has 0 aromatic heterocycles. The SMILES string of the molecule is [CH2-]CC/C=C\CC1C(Cl)CC(=O)N1c1ccc(C(O)c2ccccc2)cc1.[Y]. The van der Waals surface area contributed by atoms with Crippen LogP contribution in [0.1, 0.15) is 42.9 Å². The molecule has 3 unspecified atom stereocenters. The summed E-state index contributed by atoms with van der Waals surface area (Å²) in [4.78, 5) is 14.3. The van der Waals surface area contributed by atoms with Crippen LogP contribution in [0.4, 0.5) is 5.69 Å². The number of alkyl halides is 1. The van der Waals surface area contributed by atoms with Crippen molar-refractivity contribution in [2.45, 2.75) is 43.2 Å². The molecular weight excluding hydrogens is 447 g/mol. The second kappa shape index (κ2) is 11.3. The number of nitrogens with zero attached hydrogens (tertiary/aromatic N) is 1. The van der Waals surface area contributed by atoms with Gasteiger partial charge in [0.1, 0.15) is 6.10 Å². The molecule has 1 fully saturated rings. The number of aliphatic hydroxyl groups excluding tert-OH is 1. The van der Waals surface area contributed by atoms with Crippen LogP contribution < -0.4 is 4.90 Å². The Bertz CT molecular complexity index is 779. The minimum Gasteiger partial charge on any atom is -0.384 e. The summed E-state index contributed by atoms with van der Waals surface area (Å²) in [5, 5.41) is 10.3. The Morgan fingerprint density at radius 3 is 2.39 bits per heavy atom. The van der Waals surface area contributed by atoms with Crippen molar-refractivity contribution >= 4 is 23.2 Å². The maximum Gasteiger partial charge on any atom is 0.228 e. The van der Waals surface area contributed by atoms with Crippen LogP contribution in [0.2, 0.25) is 0 Å². The van der Waals surface area contributed by atoms with Gasteiger partial charge in [0.25, 0.3) is 0 Å². The van der Waals surface area contributed by atoms with Gasteiger partial charge in [0.05, 0.1) is 11.4 Å². The molecule has 0 aliphatic carbocycles. The van der Waals surface area contributed by atoms with Crippen LogP contribution in [-0.4, -0.2) is 22.4 Å². The van der Waals surface area contributed by atoms with E-state index in [2.05, 4.69) is 19.1 Å². The molecule has 1 radical (unpaired) electrons. The normalized spacial score (nSPS) is 20.4. The van der Waals surface area contributed by atoms with E-state index in [1.165, 1.54) is 0 Å². The number of halogens is 1. The molecular formula is C23H25ClNO2Y-. The Morgan fingerprint density at radius 1 is 1.11 bits per heavy atom. The van der Waals surface area contributed by atoms with E-state index >= 15 is 0 Å². The Labute approximate surface area is 197 Å². The van der Waals surface area contributed by atoms with Crippen molar-refractivity contribution in [3.8, 4) is 0 Å². The maximum atomic E-state index is 12.5. The fourth-order valence-electron chi connectivity index (χ4n) is 3.45. The summed E-state index contributed by atoms with van der Waals surface area (Å²) in [7, 11) is 0. The number of rotatable bonds is 7. The van der Waals surface area contributed by atoms with E-state index in [4.69, 9.17) is 11.6 Å². The van der Waals surface area contributed by atoms with E-state index in [1.807, 2.05) is 54.6 Å². The first kappa shape index (κ1) is 23.3. The monoisotopic (exact) mass is 471 g/mol. The molecule has 2 aromatic carbocycles. The molecule has 1 saturated heterocycles. The number of hydrogen-bond donors (Lipinski definition) is 1. The molecule has 2 aromatic rings. The summed E-state index contributed by atoms with van der Waals surface area (Å²) < 4.78 is 0. The number of hydrogen-bond acceptors (Lipinski definition) is 2. The average Bonchev–Trinajstić information content (AvgIpc) is 2.98. The Morgan fingerprint density at radius 2 is 1.75 bits per heavy atom. The Hall–Kier alpha value is -0.996. The molecule has 1 N–H and O–H groups in total. The zero-order valence-electron chi connectivity index (χ0n) is 15.9. The third-order valence-electron chi connectivity index (χ3n) is 4.90. The zero-order chi connectivity index (χ0) is 19.2. The van der Waals surface area contributed by atoms with Crippen molar-refractivity contribution in [2.75, 3.05) is 4.90 Å². The van der Waals surface area contributed by atoms with Gasteiger partial charge in [0.2, 0.25) is 5.91 Å². The molecule has 1 aliphatic heterocycles. The van der Waals surface area contributed by atoms with Gasteiger partial charge in [-0.05, 0) is 29.7 Å². The summed E-state index contributed by atoms with van der Waals surface area (Å²) >= 11 is 6.44. The van der Waals surface area contributed by atoms with E-state index in [0.717, 1.165) is 36.1 Å². The number of amides is 1. The second-order valence-corrected chi connectivity index (χ2v) is 7.37. The molecule has 1 aliphatic rings.